The lowest BCUT2D eigenvalue weighted by atomic mass is 10.1. The van der Waals surface area contributed by atoms with E-state index in [0.29, 0.717) is 12.2 Å². The van der Waals surface area contributed by atoms with E-state index in [0.717, 1.165) is 6.42 Å². The van der Waals surface area contributed by atoms with E-state index in [1.165, 1.54) is 18.2 Å². The average Bonchev–Trinajstić information content (AvgIpc) is 2.53. The standard InChI is InChI=1S/C16H22N2O5/c1-4-7-17-16(21)18-13-9-11(14(19)22-5-2)8-12(10-13)15(20)23-6-3/h8-10H,4-7H2,1-3H3,(H2,17,18,21). The van der Waals surface area contributed by atoms with Gasteiger partial charge in [-0.15, -0.1) is 0 Å². The largest absolute Gasteiger partial charge is 0.462 e. The highest BCUT2D eigenvalue weighted by Crippen LogP contribution is 2.17. The van der Waals surface area contributed by atoms with E-state index in [2.05, 4.69) is 10.6 Å². The number of rotatable bonds is 7. The molecule has 126 valence electrons. The number of carbonyl (C=O) groups is 3. The van der Waals surface area contributed by atoms with Crippen LogP contribution in [-0.4, -0.2) is 37.7 Å². The van der Waals surface area contributed by atoms with Crippen LogP contribution in [0.1, 0.15) is 47.9 Å². The van der Waals surface area contributed by atoms with Crippen molar-refractivity contribution in [2.75, 3.05) is 25.1 Å². The molecule has 7 nitrogen and oxygen atoms in total. The van der Waals surface area contributed by atoms with Gasteiger partial charge in [0.2, 0.25) is 0 Å². The second-order valence-corrected chi connectivity index (χ2v) is 4.62. The quantitative estimate of drug-likeness (QED) is 0.753. The van der Waals surface area contributed by atoms with Gasteiger partial charge in [0.25, 0.3) is 0 Å². The fourth-order valence-electron chi connectivity index (χ4n) is 1.78. The summed E-state index contributed by atoms with van der Waals surface area (Å²) in [5.41, 5.74) is 0.651. The van der Waals surface area contributed by atoms with Crippen molar-refractivity contribution in [3.63, 3.8) is 0 Å². The third-order valence-electron chi connectivity index (χ3n) is 2.75. The Labute approximate surface area is 135 Å². The van der Waals surface area contributed by atoms with Crippen molar-refractivity contribution >= 4 is 23.7 Å². The number of urea groups is 1. The van der Waals surface area contributed by atoms with Crippen LogP contribution in [0.5, 0.6) is 0 Å². The molecular weight excluding hydrogens is 300 g/mol. The van der Waals surface area contributed by atoms with Crippen molar-refractivity contribution in [2.24, 2.45) is 0 Å². The Bertz CT molecular complexity index is 535. The minimum atomic E-state index is -0.573. The molecule has 23 heavy (non-hydrogen) atoms. The maximum atomic E-state index is 11.9. The van der Waals surface area contributed by atoms with Crippen LogP contribution in [-0.2, 0) is 9.47 Å². The number of nitrogens with one attached hydrogen (secondary N) is 2. The first-order valence-corrected chi connectivity index (χ1v) is 7.55. The second-order valence-electron chi connectivity index (χ2n) is 4.62. The summed E-state index contributed by atoms with van der Waals surface area (Å²) in [5.74, 6) is -1.15. The monoisotopic (exact) mass is 322 g/mol. The number of benzene rings is 1. The Balaban J connectivity index is 3.05. The molecule has 0 bridgehead atoms. The number of hydrogen-bond acceptors (Lipinski definition) is 5. The molecule has 1 aromatic carbocycles. The number of ether oxygens (including phenoxy) is 2. The molecule has 0 aliphatic heterocycles. The van der Waals surface area contributed by atoms with Crippen molar-refractivity contribution in [1.29, 1.82) is 0 Å². The van der Waals surface area contributed by atoms with E-state index in [1.54, 1.807) is 13.8 Å². The maximum Gasteiger partial charge on any atom is 0.338 e. The SMILES string of the molecule is CCCNC(=O)Nc1cc(C(=O)OCC)cc(C(=O)OCC)c1. The first-order chi connectivity index (χ1) is 11.0. The molecule has 2 N–H and O–H groups in total. The fraction of sp³-hybridized carbons (Fsp3) is 0.438. The zero-order chi connectivity index (χ0) is 17.2. The zero-order valence-corrected chi connectivity index (χ0v) is 13.6. The minimum absolute atomic E-state index is 0.170. The summed E-state index contributed by atoms with van der Waals surface area (Å²) >= 11 is 0. The van der Waals surface area contributed by atoms with E-state index in [1.807, 2.05) is 6.92 Å². The van der Waals surface area contributed by atoms with E-state index in [-0.39, 0.29) is 24.3 Å². The van der Waals surface area contributed by atoms with Crippen molar-refractivity contribution in [1.82, 2.24) is 5.32 Å². The van der Waals surface area contributed by atoms with Crippen LogP contribution < -0.4 is 10.6 Å². The first kappa shape index (κ1) is 18.5. The summed E-state index contributed by atoms with van der Waals surface area (Å²) in [4.78, 5) is 35.5. The van der Waals surface area contributed by atoms with Gasteiger partial charge in [-0.3, -0.25) is 0 Å². The molecule has 0 spiro atoms. The summed E-state index contributed by atoms with van der Waals surface area (Å²) in [6.07, 6.45) is 0.796. The van der Waals surface area contributed by atoms with E-state index < -0.39 is 18.0 Å². The molecular formula is C16H22N2O5. The highest BCUT2D eigenvalue weighted by atomic mass is 16.5. The van der Waals surface area contributed by atoms with Gasteiger partial charge in [-0.2, -0.15) is 0 Å². The van der Waals surface area contributed by atoms with Gasteiger partial charge in [0.15, 0.2) is 0 Å². The Morgan fingerprint density at radius 3 is 1.87 bits per heavy atom. The molecule has 0 aliphatic carbocycles. The lowest BCUT2D eigenvalue weighted by Gasteiger charge is -2.11. The predicted molar refractivity (Wildman–Crippen MR) is 85.7 cm³/mol. The molecule has 0 aromatic heterocycles. The topological polar surface area (TPSA) is 93.7 Å². The molecule has 0 unspecified atom stereocenters. The maximum absolute atomic E-state index is 11.9. The van der Waals surface area contributed by atoms with Gasteiger partial charge in [0.1, 0.15) is 0 Å². The Kier molecular flexibility index (Phi) is 7.59. The molecule has 1 aromatic rings. The number of esters is 2. The number of carbonyl (C=O) groups excluding carboxylic acids is 3. The van der Waals surface area contributed by atoms with Crippen molar-refractivity contribution < 1.29 is 23.9 Å². The molecule has 0 heterocycles. The molecule has 0 saturated heterocycles. The van der Waals surface area contributed by atoms with Gasteiger partial charge in [-0.25, -0.2) is 14.4 Å². The lowest BCUT2D eigenvalue weighted by Crippen LogP contribution is -2.29. The Morgan fingerprint density at radius 1 is 0.913 bits per heavy atom. The highest BCUT2D eigenvalue weighted by molar-refractivity contribution is 5.99. The summed E-state index contributed by atoms with van der Waals surface area (Å²) in [7, 11) is 0. The molecule has 0 radical (unpaired) electrons. The number of anilines is 1. The van der Waals surface area contributed by atoms with Crippen LogP contribution in [0.15, 0.2) is 18.2 Å². The molecule has 7 heteroatoms. The predicted octanol–water partition coefficient (Wildman–Crippen LogP) is 2.57. The first-order valence-electron chi connectivity index (χ1n) is 7.55. The van der Waals surface area contributed by atoms with E-state index in [9.17, 15) is 14.4 Å². The van der Waals surface area contributed by atoms with Crippen molar-refractivity contribution in [3.8, 4) is 0 Å². The summed E-state index contributed by atoms with van der Waals surface area (Å²) in [6, 6.07) is 3.87. The summed E-state index contributed by atoms with van der Waals surface area (Å²) in [6.45, 7) is 6.24. The lowest BCUT2D eigenvalue weighted by molar-refractivity contribution is 0.0525. The van der Waals surface area contributed by atoms with Gasteiger partial charge in [-0.1, -0.05) is 6.92 Å². The average molecular weight is 322 g/mol. The molecule has 0 fully saturated rings. The normalized spacial score (nSPS) is 9.87. The summed E-state index contributed by atoms with van der Waals surface area (Å²) in [5, 5.41) is 5.23. The molecule has 1 rings (SSSR count). The number of hydrogen-bond donors (Lipinski definition) is 2. The zero-order valence-electron chi connectivity index (χ0n) is 13.6. The van der Waals surface area contributed by atoms with Crippen molar-refractivity contribution in [3.05, 3.63) is 29.3 Å². The molecule has 0 aliphatic rings. The smallest absolute Gasteiger partial charge is 0.338 e. The van der Waals surface area contributed by atoms with Crippen LogP contribution in [0.3, 0.4) is 0 Å². The molecule has 2 amide bonds. The third kappa shape index (κ3) is 5.98. The van der Waals surface area contributed by atoms with Crippen LogP contribution in [0, 0.1) is 0 Å². The van der Waals surface area contributed by atoms with Gasteiger partial charge >= 0.3 is 18.0 Å². The fourth-order valence-corrected chi connectivity index (χ4v) is 1.78. The third-order valence-corrected chi connectivity index (χ3v) is 2.75. The van der Waals surface area contributed by atoms with E-state index >= 15 is 0 Å². The van der Waals surface area contributed by atoms with Crippen LogP contribution in [0.4, 0.5) is 10.5 Å². The van der Waals surface area contributed by atoms with Gasteiger partial charge in [0, 0.05) is 12.2 Å². The van der Waals surface area contributed by atoms with E-state index in [4.69, 9.17) is 9.47 Å². The molecule has 0 atom stereocenters. The van der Waals surface area contributed by atoms with Crippen molar-refractivity contribution in [2.45, 2.75) is 27.2 Å². The highest BCUT2D eigenvalue weighted by Gasteiger charge is 2.15. The molecule has 0 saturated carbocycles. The Morgan fingerprint density at radius 2 is 1.43 bits per heavy atom. The van der Waals surface area contributed by atoms with Crippen LogP contribution in [0.25, 0.3) is 0 Å². The second kappa shape index (κ2) is 9.45. The van der Waals surface area contributed by atoms with Gasteiger partial charge < -0.3 is 20.1 Å². The Hall–Kier alpha value is -2.57. The number of amides is 2. The van der Waals surface area contributed by atoms with Gasteiger partial charge in [0.05, 0.1) is 24.3 Å². The van der Waals surface area contributed by atoms with Gasteiger partial charge in [-0.05, 0) is 38.5 Å². The van der Waals surface area contributed by atoms with Crippen LogP contribution >= 0.6 is 0 Å². The van der Waals surface area contributed by atoms with Crippen LogP contribution in [0.2, 0.25) is 0 Å². The summed E-state index contributed by atoms with van der Waals surface area (Å²) < 4.78 is 9.86. The minimum Gasteiger partial charge on any atom is -0.462 e.